The van der Waals surface area contributed by atoms with Crippen molar-refractivity contribution in [2.75, 3.05) is 0 Å². The van der Waals surface area contributed by atoms with Crippen LogP contribution in [0.5, 0.6) is 17.4 Å². The fourth-order valence-electron chi connectivity index (χ4n) is 2.00. The number of aryl methyl sites for hydroxylation is 1. The number of halogens is 4. The van der Waals surface area contributed by atoms with E-state index in [1.807, 2.05) is 0 Å². The lowest BCUT2D eigenvalue weighted by molar-refractivity contribution is -0.386. The SMILES string of the molecule is CC(Oc1cc(Oc2nn(C)c(C(F)(F)F)c2F)ccc1[N+](=O)[O-])C(=O)O. The number of carboxylic acids is 1. The summed E-state index contributed by atoms with van der Waals surface area (Å²) in [6.07, 6.45) is -6.49. The number of nitro benzene ring substituents is 1. The van der Waals surface area contributed by atoms with E-state index in [1.165, 1.54) is 0 Å². The average Bonchev–Trinajstić information content (AvgIpc) is 2.80. The Labute approximate surface area is 147 Å². The van der Waals surface area contributed by atoms with Gasteiger partial charge in [-0.05, 0) is 13.0 Å². The molecule has 27 heavy (non-hydrogen) atoms. The summed E-state index contributed by atoms with van der Waals surface area (Å²) < 4.78 is 62.4. The molecule has 0 aliphatic heterocycles. The molecule has 1 atom stereocenters. The lowest BCUT2D eigenvalue weighted by Crippen LogP contribution is -2.23. The van der Waals surface area contributed by atoms with Crippen LogP contribution in [0.15, 0.2) is 18.2 Å². The second-order valence-corrected chi connectivity index (χ2v) is 5.18. The summed E-state index contributed by atoms with van der Waals surface area (Å²) in [6.45, 7) is 1.10. The molecule has 146 valence electrons. The zero-order chi connectivity index (χ0) is 20.5. The standard InChI is InChI=1S/C14H11F4N3O6/c1-6(13(22)23)26-9-5-7(3-4-8(9)21(24)25)27-12-10(15)11(14(16,17)18)20(2)19-12/h3-6H,1-2H3,(H,22,23). The van der Waals surface area contributed by atoms with Gasteiger partial charge in [0.15, 0.2) is 11.8 Å². The van der Waals surface area contributed by atoms with Gasteiger partial charge in [-0.2, -0.15) is 17.6 Å². The number of aliphatic carboxylic acids is 1. The van der Waals surface area contributed by atoms with Gasteiger partial charge in [0.1, 0.15) is 5.75 Å². The van der Waals surface area contributed by atoms with E-state index < -0.39 is 52.0 Å². The molecule has 2 rings (SSSR count). The first-order valence-electron chi connectivity index (χ1n) is 7.07. The van der Waals surface area contributed by atoms with Gasteiger partial charge in [-0.15, -0.1) is 5.10 Å². The van der Waals surface area contributed by atoms with E-state index in [2.05, 4.69) is 5.10 Å². The molecule has 0 aliphatic carbocycles. The zero-order valence-electron chi connectivity index (χ0n) is 13.7. The van der Waals surface area contributed by atoms with Crippen LogP contribution in [0, 0.1) is 15.9 Å². The largest absolute Gasteiger partial charge is 0.479 e. The smallest absolute Gasteiger partial charge is 0.436 e. The lowest BCUT2D eigenvalue weighted by Gasteiger charge is -2.11. The van der Waals surface area contributed by atoms with Crippen molar-refractivity contribution in [1.82, 2.24) is 9.78 Å². The Balaban J connectivity index is 2.41. The van der Waals surface area contributed by atoms with Crippen LogP contribution in [-0.2, 0) is 18.0 Å². The summed E-state index contributed by atoms with van der Waals surface area (Å²) in [6, 6.07) is 2.68. The molecule has 1 aromatic carbocycles. The van der Waals surface area contributed by atoms with Gasteiger partial charge in [0, 0.05) is 19.2 Å². The number of nitro groups is 1. The minimum absolute atomic E-state index is 0.236. The maximum Gasteiger partial charge on any atom is 0.436 e. The van der Waals surface area contributed by atoms with E-state index in [1.54, 1.807) is 0 Å². The Morgan fingerprint density at radius 3 is 2.52 bits per heavy atom. The van der Waals surface area contributed by atoms with E-state index in [-0.39, 0.29) is 10.4 Å². The predicted octanol–water partition coefficient (Wildman–Crippen LogP) is 3.13. The van der Waals surface area contributed by atoms with Crippen LogP contribution in [-0.4, -0.2) is 31.9 Å². The fourth-order valence-corrected chi connectivity index (χ4v) is 2.00. The molecule has 1 heterocycles. The quantitative estimate of drug-likeness (QED) is 0.455. The molecule has 0 amide bonds. The van der Waals surface area contributed by atoms with Gasteiger partial charge in [-0.25, -0.2) is 4.79 Å². The van der Waals surface area contributed by atoms with E-state index in [0.717, 1.165) is 32.2 Å². The Morgan fingerprint density at radius 1 is 1.41 bits per heavy atom. The van der Waals surface area contributed by atoms with E-state index >= 15 is 0 Å². The first kappa shape index (κ1) is 19.9. The maximum absolute atomic E-state index is 14.0. The van der Waals surface area contributed by atoms with Gasteiger partial charge in [0.2, 0.25) is 11.6 Å². The Kier molecular flexibility index (Phi) is 5.23. The molecule has 0 fully saturated rings. The first-order valence-corrected chi connectivity index (χ1v) is 7.07. The van der Waals surface area contributed by atoms with Crippen LogP contribution in [0.1, 0.15) is 12.6 Å². The van der Waals surface area contributed by atoms with Gasteiger partial charge < -0.3 is 14.6 Å². The topological polar surface area (TPSA) is 117 Å². The average molecular weight is 393 g/mol. The van der Waals surface area contributed by atoms with Crippen molar-refractivity contribution in [2.45, 2.75) is 19.2 Å². The number of ether oxygens (including phenoxy) is 2. The van der Waals surface area contributed by atoms with Crippen LogP contribution < -0.4 is 9.47 Å². The molecule has 1 N–H and O–H groups in total. The Hall–Kier alpha value is -3.38. The number of benzene rings is 1. The molecule has 0 saturated carbocycles. The third-order valence-corrected chi connectivity index (χ3v) is 3.22. The molecule has 1 aromatic heterocycles. The third-order valence-electron chi connectivity index (χ3n) is 3.22. The second kappa shape index (κ2) is 7.09. The number of rotatable bonds is 6. The van der Waals surface area contributed by atoms with Crippen molar-refractivity contribution < 1.29 is 41.9 Å². The molecule has 1 unspecified atom stereocenters. The van der Waals surface area contributed by atoms with Crippen molar-refractivity contribution in [3.05, 3.63) is 39.8 Å². The highest BCUT2D eigenvalue weighted by Crippen LogP contribution is 2.38. The molecular formula is C14H11F4N3O6. The molecule has 0 spiro atoms. The summed E-state index contributed by atoms with van der Waals surface area (Å²) in [5.74, 6) is -5.08. The summed E-state index contributed by atoms with van der Waals surface area (Å²) in [5, 5.41) is 23.1. The summed E-state index contributed by atoms with van der Waals surface area (Å²) in [4.78, 5) is 21.0. The van der Waals surface area contributed by atoms with Crippen molar-refractivity contribution in [1.29, 1.82) is 0 Å². The normalized spacial score (nSPS) is 12.5. The van der Waals surface area contributed by atoms with Crippen molar-refractivity contribution >= 4 is 11.7 Å². The Bertz CT molecular complexity index is 896. The van der Waals surface area contributed by atoms with Gasteiger partial charge in [-0.3, -0.25) is 14.8 Å². The minimum atomic E-state index is -5.02. The molecule has 9 nitrogen and oxygen atoms in total. The van der Waals surface area contributed by atoms with Gasteiger partial charge >= 0.3 is 17.8 Å². The minimum Gasteiger partial charge on any atom is -0.479 e. The first-order chi connectivity index (χ1) is 12.4. The molecule has 13 heteroatoms. The van der Waals surface area contributed by atoms with E-state index in [0.29, 0.717) is 0 Å². The highest BCUT2D eigenvalue weighted by Gasteiger charge is 2.40. The predicted molar refractivity (Wildman–Crippen MR) is 79.1 cm³/mol. The molecular weight excluding hydrogens is 382 g/mol. The van der Waals surface area contributed by atoms with Crippen LogP contribution in [0.3, 0.4) is 0 Å². The molecule has 2 aromatic rings. The van der Waals surface area contributed by atoms with Crippen molar-refractivity contribution in [3.63, 3.8) is 0 Å². The van der Waals surface area contributed by atoms with Crippen molar-refractivity contribution in [3.8, 4) is 17.4 Å². The van der Waals surface area contributed by atoms with Crippen LogP contribution in [0.25, 0.3) is 0 Å². The van der Waals surface area contributed by atoms with E-state index in [4.69, 9.17) is 14.6 Å². The van der Waals surface area contributed by atoms with Crippen LogP contribution >= 0.6 is 0 Å². The van der Waals surface area contributed by atoms with Crippen LogP contribution in [0.2, 0.25) is 0 Å². The number of aromatic nitrogens is 2. The number of nitrogens with zero attached hydrogens (tertiary/aromatic N) is 3. The number of hydrogen-bond acceptors (Lipinski definition) is 6. The number of alkyl halides is 3. The zero-order valence-corrected chi connectivity index (χ0v) is 13.7. The number of hydrogen-bond donors (Lipinski definition) is 1. The molecule has 0 radical (unpaired) electrons. The number of carboxylic acid groups (broad SMARTS) is 1. The third kappa shape index (κ3) is 4.24. The van der Waals surface area contributed by atoms with Crippen LogP contribution in [0.4, 0.5) is 23.2 Å². The summed E-state index contributed by atoms with van der Waals surface area (Å²) in [7, 11) is 0.859. The lowest BCUT2D eigenvalue weighted by atomic mass is 10.2. The summed E-state index contributed by atoms with van der Waals surface area (Å²) >= 11 is 0. The van der Waals surface area contributed by atoms with Gasteiger partial charge in [0.05, 0.1) is 4.92 Å². The highest BCUT2D eigenvalue weighted by atomic mass is 19.4. The Morgan fingerprint density at radius 2 is 2.04 bits per heavy atom. The monoisotopic (exact) mass is 393 g/mol. The highest BCUT2D eigenvalue weighted by molar-refractivity contribution is 5.72. The molecule has 0 saturated heterocycles. The van der Waals surface area contributed by atoms with Crippen molar-refractivity contribution in [2.24, 2.45) is 7.05 Å². The second-order valence-electron chi connectivity index (χ2n) is 5.18. The maximum atomic E-state index is 14.0. The van der Waals surface area contributed by atoms with Gasteiger partial charge in [-0.1, -0.05) is 0 Å². The molecule has 0 aliphatic rings. The van der Waals surface area contributed by atoms with Gasteiger partial charge in [0.25, 0.3) is 5.88 Å². The fraction of sp³-hybridized carbons (Fsp3) is 0.286. The molecule has 0 bridgehead atoms. The number of carbonyl (C=O) groups is 1. The van der Waals surface area contributed by atoms with E-state index in [9.17, 15) is 32.5 Å². The summed E-state index contributed by atoms with van der Waals surface area (Å²) in [5.41, 5.74) is -2.29.